The Morgan fingerprint density at radius 2 is 1.71 bits per heavy atom. The Labute approximate surface area is 158 Å². The van der Waals surface area contributed by atoms with Crippen LogP contribution in [0, 0.1) is 11.6 Å². The summed E-state index contributed by atoms with van der Waals surface area (Å²) in [5, 5.41) is 7.55. The minimum Gasteiger partial charge on any atom is -0.497 e. The average molecular weight is 408 g/mol. The standard InChI is InChI=1S/C17H14F2N4O4S/c1-27-14-4-2-12(3-5-14)23-28(25,26)17-15(9-20-22-17)16(24)21-13-7-10(18)6-11(19)8-13/h2-9,23H,1H3,(H,20,22)(H,21,24). The summed E-state index contributed by atoms with van der Waals surface area (Å²) in [6.07, 6.45) is 0.994. The van der Waals surface area contributed by atoms with E-state index in [0.29, 0.717) is 11.8 Å². The van der Waals surface area contributed by atoms with Crippen molar-refractivity contribution in [2.75, 3.05) is 17.1 Å². The zero-order chi connectivity index (χ0) is 20.3. The fraction of sp³-hybridized carbons (Fsp3) is 0.0588. The molecule has 1 aromatic heterocycles. The minimum absolute atomic E-state index is 0.171. The second kappa shape index (κ2) is 7.64. The highest BCUT2D eigenvalue weighted by molar-refractivity contribution is 7.92. The molecule has 0 aliphatic heterocycles. The Bertz CT molecular complexity index is 1090. The highest BCUT2D eigenvalue weighted by Gasteiger charge is 2.25. The van der Waals surface area contributed by atoms with Gasteiger partial charge < -0.3 is 10.1 Å². The number of H-pyrrole nitrogens is 1. The van der Waals surface area contributed by atoms with Crippen molar-refractivity contribution in [2.24, 2.45) is 0 Å². The number of amides is 1. The Balaban J connectivity index is 1.83. The Kier molecular flexibility index (Phi) is 5.27. The molecule has 8 nitrogen and oxygen atoms in total. The number of hydrogen-bond acceptors (Lipinski definition) is 5. The van der Waals surface area contributed by atoms with Gasteiger partial charge in [0, 0.05) is 17.4 Å². The largest absolute Gasteiger partial charge is 0.497 e. The SMILES string of the molecule is COc1ccc(NS(=O)(=O)c2[nH]ncc2C(=O)Nc2cc(F)cc(F)c2)cc1. The van der Waals surface area contributed by atoms with E-state index in [9.17, 15) is 22.0 Å². The number of benzene rings is 2. The van der Waals surface area contributed by atoms with Gasteiger partial charge in [-0.1, -0.05) is 0 Å². The third-order valence-corrected chi connectivity index (χ3v) is 4.93. The molecule has 3 aromatic rings. The number of aromatic amines is 1. The van der Waals surface area contributed by atoms with Gasteiger partial charge in [0.1, 0.15) is 17.4 Å². The number of carbonyl (C=O) groups excluding carboxylic acids is 1. The van der Waals surface area contributed by atoms with E-state index in [1.165, 1.54) is 19.2 Å². The number of rotatable bonds is 6. The molecule has 146 valence electrons. The molecule has 3 rings (SSSR count). The maximum absolute atomic E-state index is 13.3. The van der Waals surface area contributed by atoms with Crippen LogP contribution in [0.1, 0.15) is 10.4 Å². The number of carbonyl (C=O) groups is 1. The molecule has 0 fully saturated rings. The van der Waals surface area contributed by atoms with Crippen LogP contribution in [0.15, 0.2) is 53.7 Å². The molecule has 0 aliphatic rings. The number of sulfonamides is 1. The van der Waals surface area contributed by atoms with Gasteiger partial charge in [-0.15, -0.1) is 0 Å². The normalized spacial score (nSPS) is 11.1. The molecule has 0 radical (unpaired) electrons. The first kappa shape index (κ1) is 19.3. The molecule has 1 heterocycles. The summed E-state index contributed by atoms with van der Waals surface area (Å²) in [6, 6.07) is 8.48. The molecule has 11 heteroatoms. The molecule has 0 aliphatic carbocycles. The summed E-state index contributed by atoms with van der Waals surface area (Å²) in [5.74, 6) is -2.16. The van der Waals surface area contributed by atoms with Crippen molar-refractivity contribution in [3.05, 3.63) is 65.9 Å². The van der Waals surface area contributed by atoms with Crippen LogP contribution in [0.3, 0.4) is 0 Å². The lowest BCUT2D eigenvalue weighted by atomic mass is 10.2. The zero-order valence-electron chi connectivity index (χ0n) is 14.4. The van der Waals surface area contributed by atoms with E-state index < -0.39 is 32.6 Å². The fourth-order valence-corrected chi connectivity index (χ4v) is 3.49. The topological polar surface area (TPSA) is 113 Å². The average Bonchev–Trinajstić information content (AvgIpc) is 3.12. The van der Waals surface area contributed by atoms with Gasteiger partial charge in [-0.25, -0.2) is 8.78 Å². The first-order valence-electron chi connectivity index (χ1n) is 7.76. The maximum Gasteiger partial charge on any atom is 0.279 e. The van der Waals surface area contributed by atoms with Crippen LogP contribution in [0.25, 0.3) is 0 Å². The lowest BCUT2D eigenvalue weighted by molar-refractivity contribution is 0.102. The van der Waals surface area contributed by atoms with Crippen LogP contribution in [0.4, 0.5) is 20.2 Å². The molecule has 0 unspecified atom stereocenters. The first-order chi connectivity index (χ1) is 13.3. The number of hydrogen-bond donors (Lipinski definition) is 3. The van der Waals surface area contributed by atoms with Gasteiger partial charge in [-0.05, 0) is 36.4 Å². The van der Waals surface area contributed by atoms with Crippen LogP contribution >= 0.6 is 0 Å². The summed E-state index contributed by atoms with van der Waals surface area (Å²) in [7, 11) is -2.72. The molecule has 2 aromatic carbocycles. The zero-order valence-corrected chi connectivity index (χ0v) is 15.2. The smallest absolute Gasteiger partial charge is 0.279 e. The molecule has 0 saturated heterocycles. The second-order valence-electron chi connectivity index (χ2n) is 5.56. The van der Waals surface area contributed by atoms with Gasteiger partial charge in [-0.3, -0.25) is 14.6 Å². The van der Waals surface area contributed by atoms with E-state index in [1.54, 1.807) is 12.1 Å². The number of halogens is 2. The van der Waals surface area contributed by atoms with Crippen LogP contribution in [0.2, 0.25) is 0 Å². The van der Waals surface area contributed by atoms with Gasteiger partial charge in [0.15, 0.2) is 5.03 Å². The molecule has 0 bridgehead atoms. The summed E-state index contributed by atoms with van der Waals surface area (Å²) >= 11 is 0. The minimum atomic E-state index is -4.19. The van der Waals surface area contributed by atoms with Gasteiger partial charge in [0.25, 0.3) is 15.9 Å². The van der Waals surface area contributed by atoms with Crippen LogP contribution in [-0.2, 0) is 10.0 Å². The Hall–Kier alpha value is -3.47. The Morgan fingerprint density at radius 3 is 2.32 bits per heavy atom. The van der Waals surface area contributed by atoms with Gasteiger partial charge in [0.05, 0.1) is 18.9 Å². The van der Waals surface area contributed by atoms with E-state index in [-0.39, 0.29) is 16.9 Å². The third-order valence-electron chi connectivity index (χ3n) is 3.58. The van der Waals surface area contributed by atoms with Crippen molar-refractivity contribution in [3.63, 3.8) is 0 Å². The highest BCUT2D eigenvalue weighted by atomic mass is 32.2. The predicted octanol–water partition coefficient (Wildman–Crippen LogP) is 2.75. The number of aromatic nitrogens is 2. The van der Waals surface area contributed by atoms with Crippen LogP contribution < -0.4 is 14.8 Å². The van der Waals surface area contributed by atoms with Gasteiger partial charge in [-0.2, -0.15) is 13.5 Å². The molecule has 0 atom stereocenters. The third kappa shape index (κ3) is 4.26. The lowest BCUT2D eigenvalue weighted by Crippen LogP contribution is -2.20. The summed E-state index contributed by atoms with van der Waals surface area (Å²) in [5.41, 5.74) is -0.269. The molecule has 28 heavy (non-hydrogen) atoms. The molecular formula is C17H14F2N4O4S. The van der Waals surface area contributed by atoms with E-state index in [2.05, 4.69) is 20.2 Å². The molecule has 1 amide bonds. The number of anilines is 2. The van der Waals surface area contributed by atoms with E-state index in [4.69, 9.17) is 4.74 Å². The van der Waals surface area contributed by atoms with Crippen LogP contribution in [-0.4, -0.2) is 31.6 Å². The van der Waals surface area contributed by atoms with Crippen LogP contribution in [0.5, 0.6) is 5.75 Å². The van der Waals surface area contributed by atoms with Gasteiger partial charge in [0.2, 0.25) is 0 Å². The number of nitrogens with zero attached hydrogens (tertiary/aromatic N) is 1. The quantitative estimate of drug-likeness (QED) is 0.581. The molecule has 0 spiro atoms. The summed E-state index contributed by atoms with van der Waals surface area (Å²) in [6.45, 7) is 0. The molecular weight excluding hydrogens is 394 g/mol. The predicted molar refractivity (Wildman–Crippen MR) is 96.7 cm³/mol. The molecule has 0 saturated carbocycles. The number of ether oxygens (including phenoxy) is 1. The van der Waals surface area contributed by atoms with Crippen molar-refractivity contribution >= 4 is 27.3 Å². The van der Waals surface area contributed by atoms with Gasteiger partial charge >= 0.3 is 0 Å². The second-order valence-corrected chi connectivity index (χ2v) is 7.18. The van der Waals surface area contributed by atoms with E-state index >= 15 is 0 Å². The molecule has 3 N–H and O–H groups in total. The summed E-state index contributed by atoms with van der Waals surface area (Å²) < 4.78 is 59.0. The van der Waals surface area contributed by atoms with E-state index in [1.807, 2.05) is 0 Å². The highest BCUT2D eigenvalue weighted by Crippen LogP contribution is 2.21. The van der Waals surface area contributed by atoms with Crippen molar-refractivity contribution in [3.8, 4) is 5.75 Å². The van der Waals surface area contributed by atoms with E-state index in [0.717, 1.165) is 18.3 Å². The van der Waals surface area contributed by atoms with Crippen molar-refractivity contribution in [2.45, 2.75) is 5.03 Å². The van der Waals surface area contributed by atoms with Crippen molar-refractivity contribution in [1.82, 2.24) is 10.2 Å². The number of nitrogens with one attached hydrogen (secondary N) is 3. The maximum atomic E-state index is 13.3. The monoisotopic (exact) mass is 408 g/mol. The first-order valence-corrected chi connectivity index (χ1v) is 9.24. The fourth-order valence-electron chi connectivity index (χ4n) is 2.33. The Morgan fingerprint density at radius 1 is 1.07 bits per heavy atom. The number of methoxy groups -OCH3 is 1. The van der Waals surface area contributed by atoms with Crippen molar-refractivity contribution in [1.29, 1.82) is 0 Å². The summed E-state index contributed by atoms with van der Waals surface area (Å²) in [4.78, 5) is 12.4. The van der Waals surface area contributed by atoms with Crippen molar-refractivity contribution < 1.29 is 26.7 Å². The lowest BCUT2D eigenvalue weighted by Gasteiger charge is -2.09.